The largest absolute Gasteiger partial charge is 0.454 e. The molecule has 2 heterocycles. The fourth-order valence-electron chi connectivity index (χ4n) is 4.31. The first-order valence-electron chi connectivity index (χ1n) is 10.7. The lowest BCUT2D eigenvalue weighted by molar-refractivity contribution is 0.0252. The van der Waals surface area contributed by atoms with Crippen LogP contribution < -0.4 is 4.72 Å². The third-order valence-corrected chi connectivity index (χ3v) is 7.51. The van der Waals surface area contributed by atoms with Gasteiger partial charge in [0, 0.05) is 25.1 Å². The van der Waals surface area contributed by atoms with E-state index >= 15 is 0 Å². The number of nitrogens with zero attached hydrogens (tertiary/aromatic N) is 1. The van der Waals surface area contributed by atoms with E-state index in [2.05, 4.69) is 4.72 Å². The minimum absolute atomic E-state index is 0.177. The highest BCUT2D eigenvalue weighted by atomic mass is 32.2. The molecule has 0 saturated heterocycles. The Balaban J connectivity index is 1.34. The van der Waals surface area contributed by atoms with Crippen LogP contribution in [-0.4, -0.2) is 31.1 Å². The highest BCUT2D eigenvalue weighted by Crippen LogP contribution is 2.31. The monoisotopic (exact) mass is 462 g/mol. The minimum atomic E-state index is -4.02. The maximum absolute atomic E-state index is 12.9. The molecule has 1 atom stereocenters. The van der Waals surface area contributed by atoms with Gasteiger partial charge < -0.3 is 4.74 Å². The molecule has 8 heteroatoms. The number of nitrogens with one attached hydrogen (secondary N) is 1. The van der Waals surface area contributed by atoms with Gasteiger partial charge in [-0.05, 0) is 46.9 Å². The molecule has 0 radical (unpaired) electrons. The lowest BCUT2D eigenvalue weighted by Crippen LogP contribution is -2.45. The summed E-state index contributed by atoms with van der Waals surface area (Å²) in [6.45, 7) is 0.516. The van der Waals surface area contributed by atoms with Crippen molar-refractivity contribution in [3.8, 4) is 0 Å². The topological polar surface area (TPSA) is 92.8 Å². The molecule has 0 aliphatic carbocycles. The molecule has 0 spiro atoms. The van der Waals surface area contributed by atoms with E-state index in [-0.39, 0.29) is 12.1 Å². The Kier molecular flexibility index (Phi) is 5.47. The van der Waals surface area contributed by atoms with E-state index in [9.17, 15) is 18.0 Å². The van der Waals surface area contributed by atoms with Gasteiger partial charge in [-0.2, -0.15) is 12.7 Å². The molecule has 7 nitrogen and oxygen atoms in total. The van der Waals surface area contributed by atoms with Crippen LogP contribution in [0.3, 0.4) is 0 Å². The number of hydrogen-bond acceptors (Lipinski definition) is 5. The Morgan fingerprint density at radius 2 is 1.67 bits per heavy atom. The zero-order valence-corrected chi connectivity index (χ0v) is 18.5. The minimum Gasteiger partial charge on any atom is -0.454 e. The highest BCUT2D eigenvalue weighted by Gasteiger charge is 2.31. The standard InChI is InChI=1S/C25H22N2O5S/c28-24(26-33(30,31)27-13-12-17-6-4-5-9-20(17)16-27)19-10-11-22-21(14-19)15-23(32-25(22)29)18-7-2-1-3-8-18/h1-11,14,23H,12-13,15-16H2,(H,26,28). The normalized spacial score (nSPS) is 18.1. The molecule has 0 saturated carbocycles. The Morgan fingerprint density at radius 3 is 2.45 bits per heavy atom. The van der Waals surface area contributed by atoms with Crippen molar-refractivity contribution in [2.24, 2.45) is 0 Å². The van der Waals surface area contributed by atoms with Gasteiger partial charge >= 0.3 is 16.2 Å². The first-order chi connectivity index (χ1) is 15.9. The van der Waals surface area contributed by atoms with Crippen LogP contribution in [0.2, 0.25) is 0 Å². The second-order valence-corrected chi connectivity index (χ2v) is 9.84. The summed E-state index contributed by atoms with van der Waals surface area (Å²) < 4.78 is 34.7. The number of fused-ring (bicyclic) bond motifs is 2. The fraction of sp³-hybridized carbons (Fsp3) is 0.200. The molecule has 1 amide bonds. The van der Waals surface area contributed by atoms with Crippen LogP contribution in [-0.2, 0) is 34.3 Å². The SMILES string of the molecule is O=C(NS(=O)(=O)N1CCc2ccccc2C1)c1ccc2c(c1)CC(c1ccccc1)OC2=O. The second-order valence-electron chi connectivity index (χ2n) is 8.17. The maximum Gasteiger partial charge on any atom is 0.339 e. The molecular formula is C25H22N2O5S. The van der Waals surface area contributed by atoms with Crippen LogP contribution in [0.5, 0.6) is 0 Å². The summed E-state index contributed by atoms with van der Waals surface area (Å²) in [5.74, 6) is -1.19. The Hall–Kier alpha value is -3.49. The molecule has 0 aromatic heterocycles. The van der Waals surface area contributed by atoms with Gasteiger partial charge in [0.2, 0.25) is 0 Å². The molecule has 2 aliphatic heterocycles. The average molecular weight is 463 g/mol. The fourth-order valence-corrected chi connectivity index (χ4v) is 5.43. The van der Waals surface area contributed by atoms with Gasteiger partial charge in [-0.3, -0.25) is 4.79 Å². The molecule has 3 aromatic carbocycles. The summed E-state index contributed by atoms with van der Waals surface area (Å²) in [4.78, 5) is 25.3. The van der Waals surface area contributed by atoms with E-state index in [1.165, 1.54) is 16.4 Å². The molecule has 168 valence electrons. The molecule has 2 aliphatic rings. The van der Waals surface area contributed by atoms with Crippen molar-refractivity contribution in [3.05, 3.63) is 106 Å². The second kappa shape index (κ2) is 8.46. The van der Waals surface area contributed by atoms with Gasteiger partial charge in [-0.15, -0.1) is 0 Å². The van der Waals surface area contributed by atoms with Crippen molar-refractivity contribution in [2.75, 3.05) is 6.54 Å². The van der Waals surface area contributed by atoms with E-state index < -0.39 is 28.2 Å². The number of rotatable bonds is 4. The molecule has 0 fully saturated rings. The van der Waals surface area contributed by atoms with E-state index in [1.807, 2.05) is 54.6 Å². The van der Waals surface area contributed by atoms with Crippen LogP contribution in [0.15, 0.2) is 72.8 Å². The number of esters is 1. The number of amides is 1. The Morgan fingerprint density at radius 1 is 0.939 bits per heavy atom. The van der Waals surface area contributed by atoms with Crippen LogP contribution >= 0.6 is 0 Å². The number of benzene rings is 3. The number of ether oxygens (including phenoxy) is 1. The van der Waals surface area contributed by atoms with Crippen LogP contribution in [0.4, 0.5) is 0 Å². The average Bonchev–Trinajstić information content (AvgIpc) is 2.83. The number of carbonyl (C=O) groups is 2. The van der Waals surface area contributed by atoms with Gasteiger partial charge in [0.25, 0.3) is 5.91 Å². The zero-order valence-electron chi connectivity index (χ0n) is 17.7. The van der Waals surface area contributed by atoms with Crippen molar-refractivity contribution in [3.63, 3.8) is 0 Å². The van der Waals surface area contributed by atoms with E-state index in [0.29, 0.717) is 30.5 Å². The smallest absolute Gasteiger partial charge is 0.339 e. The zero-order chi connectivity index (χ0) is 23.0. The molecule has 1 N–H and O–H groups in total. The Bertz CT molecular complexity index is 1340. The van der Waals surface area contributed by atoms with Gasteiger partial charge in [0.1, 0.15) is 6.10 Å². The Labute approximate surface area is 192 Å². The molecule has 5 rings (SSSR count). The first kappa shape index (κ1) is 21.4. The van der Waals surface area contributed by atoms with Crippen molar-refractivity contribution in [2.45, 2.75) is 25.5 Å². The van der Waals surface area contributed by atoms with Gasteiger partial charge in [0.15, 0.2) is 0 Å². The maximum atomic E-state index is 12.9. The van der Waals surface area contributed by atoms with E-state index in [0.717, 1.165) is 16.7 Å². The summed E-state index contributed by atoms with van der Waals surface area (Å²) in [7, 11) is -4.02. The molecule has 33 heavy (non-hydrogen) atoms. The molecule has 1 unspecified atom stereocenters. The molecule has 0 bridgehead atoms. The van der Waals surface area contributed by atoms with Crippen LogP contribution in [0, 0.1) is 0 Å². The van der Waals surface area contributed by atoms with Gasteiger partial charge in [-0.25, -0.2) is 9.52 Å². The predicted molar refractivity (Wildman–Crippen MR) is 122 cm³/mol. The molecule has 3 aromatic rings. The van der Waals surface area contributed by atoms with Crippen LogP contribution in [0.25, 0.3) is 0 Å². The van der Waals surface area contributed by atoms with Crippen LogP contribution in [0.1, 0.15) is 49.1 Å². The quantitative estimate of drug-likeness (QED) is 0.601. The van der Waals surface area contributed by atoms with Crippen molar-refractivity contribution in [1.82, 2.24) is 9.03 Å². The summed E-state index contributed by atoms with van der Waals surface area (Å²) in [5.41, 5.74) is 4.12. The molecular weight excluding hydrogens is 440 g/mol. The number of hydrogen-bond donors (Lipinski definition) is 1. The van der Waals surface area contributed by atoms with E-state index in [4.69, 9.17) is 4.74 Å². The van der Waals surface area contributed by atoms with Crippen molar-refractivity contribution >= 4 is 22.1 Å². The number of cyclic esters (lactones) is 1. The lowest BCUT2D eigenvalue weighted by Gasteiger charge is -2.28. The van der Waals surface area contributed by atoms with Gasteiger partial charge in [0.05, 0.1) is 5.56 Å². The summed E-state index contributed by atoms with van der Waals surface area (Å²) in [6, 6.07) is 21.6. The lowest BCUT2D eigenvalue weighted by atomic mass is 9.93. The van der Waals surface area contributed by atoms with Gasteiger partial charge in [-0.1, -0.05) is 54.6 Å². The summed E-state index contributed by atoms with van der Waals surface area (Å²) in [6.07, 6.45) is 0.538. The summed E-state index contributed by atoms with van der Waals surface area (Å²) in [5, 5.41) is 0. The third-order valence-electron chi connectivity index (χ3n) is 6.07. The summed E-state index contributed by atoms with van der Waals surface area (Å²) >= 11 is 0. The predicted octanol–water partition coefficient (Wildman–Crippen LogP) is 3.17. The van der Waals surface area contributed by atoms with Crippen molar-refractivity contribution in [1.29, 1.82) is 0 Å². The number of carbonyl (C=O) groups excluding carboxylic acids is 2. The third kappa shape index (κ3) is 4.27. The van der Waals surface area contributed by atoms with E-state index in [1.54, 1.807) is 6.07 Å². The first-order valence-corrected chi connectivity index (χ1v) is 12.1. The highest BCUT2D eigenvalue weighted by molar-refractivity contribution is 7.87. The van der Waals surface area contributed by atoms with Crippen molar-refractivity contribution < 1.29 is 22.7 Å².